The Bertz CT molecular complexity index is 719. The molecule has 0 fully saturated rings. The van der Waals surface area contributed by atoms with Crippen molar-refractivity contribution in [1.82, 2.24) is 5.32 Å². The van der Waals surface area contributed by atoms with Gasteiger partial charge in [-0.3, -0.25) is 4.79 Å². The van der Waals surface area contributed by atoms with Gasteiger partial charge in [-0.1, -0.05) is 30.0 Å². The first kappa shape index (κ1) is 15.7. The molecule has 1 aromatic carbocycles. The van der Waals surface area contributed by atoms with Gasteiger partial charge in [0.1, 0.15) is 23.9 Å². The molecule has 1 N–H and O–H groups in total. The predicted molar refractivity (Wildman–Crippen MR) is 85.0 cm³/mol. The van der Waals surface area contributed by atoms with E-state index in [1.54, 1.807) is 13.0 Å². The fourth-order valence-corrected chi connectivity index (χ4v) is 2.02. The molecule has 2 aromatic rings. The highest BCUT2D eigenvalue weighted by molar-refractivity contribution is 5.95. The van der Waals surface area contributed by atoms with E-state index in [0.717, 1.165) is 17.1 Å². The summed E-state index contributed by atoms with van der Waals surface area (Å²) < 4.78 is 10.9. The molecule has 0 saturated carbocycles. The van der Waals surface area contributed by atoms with Crippen LogP contribution >= 0.6 is 0 Å². The SMILES string of the molecule is Cc1cc(C(=O)NCC#CCOc2ccccc2C)c(C)o1. The topological polar surface area (TPSA) is 51.5 Å². The number of benzene rings is 1. The van der Waals surface area contributed by atoms with Gasteiger partial charge in [-0.25, -0.2) is 0 Å². The zero-order valence-corrected chi connectivity index (χ0v) is 13.0. The van der Waals surface area contributed by atoms with E-state index in [1.165, 1.54) is 0 Å². The number of amides is 1. The van der Waals surface area contributed by atoms with Crippen molar-refractivity contribution in [2.45, 2.75) is 20.8 Å². The van der Waals surface area contributed by atoms with Crippen molar-refractivity contribution in [2.75, 3.05) is 13.2 Å². The van der Waals surface area contributed by atoms with E-state index >= 15 is 0 Å². The lowest BCUT2D eigenvalue weighted by Crippen LogP contribution is -2.23. The molecule has 0 aliphatic heterocycles. The van der Waals surface area contributed by atoms with Crippen LogP contribution in [0.15, 0.2) is 34.7 Å². The first-order valence-corrected chi connectivity index (χ1v) is 7.07. The average molecular weight is 297 g/mol. The number of para-hydroxylation sites is 1. The monoisotopic (exact) mass is 297 g/mol. The van der Waals surface area contributed by atoms with E-state index in [9.17, 15) is 4.79 Å². The van der Waals surface area contributed by atoms with Gasteiger partial charge in [-0.2, -0.15) is 0 Å². The van der Waals surface area contributed by atoms with E-state index in [0.29, 0.717) is 17.9 Å². The third-order valence-corrected chi connectivity index (χ3v) is 3.14. The maximum Gasteiger partial charge on any atom is 0.255 e. The van der Waals surface area contributed by atoms with E-state index in [-0.39, 0.29) is 12.5 Å². The van der Waals surface area contributed by atoms with Crippen molar-refractivity contribution in [3.8, 4) is 17.6 Å². The van der Waals surface area contributed by atoms with Gasteiger partial charge in [0.2, 0.25) is 0 Å². The van der Waals surface area contributed by atoms with Crippen LogP contribution < -0.4 is 10.1 Å². The number of furan rings is 1. The highest BCUT2D eigenvalue weighted by atomic mass is 16.5. The summed E-state index contributed by atoms with van der Waals surface area (Å²) in [6, 6.07) is 9.49. The van der Waals surface area contributed by atoms with Crippen molar-refractivity contribution >= 4 is 5.91 Å². The fraction of sp³-hybridized carbons (Fsp3) is 0.278. The summed E-state index contributed by atoms with van der Waals surface area (Å²) >= 11 is 0. The summed E-state index contributed by atoms with van der Waals surface area (Å²) in [5.74, 6) is 7.73. The Morgan fingerprint density at radius 1 is 1.23 bits per heavy atom. The van der Waals surface area contributed by atoms with Gasteiger partial charge in [0.25, 0.3) is 5.91 Å². The van der Waals surface area contributed by atoms with E-state index < -0.39 is 0 Å². The standard InChI is InChI=1S/C18H19NO3/c1-13-8-4-5-9-17(13)21-11-7-6-10-19-18(20)16-12-14(2)22-15(16)3/h4-5,8-9,12H,10-11H2,1-3H3,(H,19,20). The van der Waals surface area contributed by atoms with Crippen LogP contribution in [-0.2, 0) is 0 Å². The summed E-state index contributed by atoms with van der Waals surface area (Å²) in [4.78, 5) is 11.9. The van der Waals surface area contributed by atoms with Crippen molar-refractivity contribution < 1.29 is 13.9 Å². The Kier molecular flexibility index (Phi) is 5.26. The average Bonchev–Trinajstić information content (AvgIpc) is 2.83. The number of aryl methyl sites for hydroxylation is 3. The molecule has 0 bridgehead atoms. The maximum absolute atomic E-state index is 11.9. The van der Waals surface area contributed by atoms with Gasteiger partial charge in [0.05, 0.1) is 12.1 Å². The minimum atomic E-state index is -0.177. The highest BCUT2D eigenvalue weighted by Gasteiger charge is 2.11. The van der Waals surface area contributed by atoms with Crippen molar-refractivity contribution in [1.29, 1.82) is 0 Å². The third kappa shape index (κ3) is 4.16. The number of ether oxygens (including phenoxy) is 1. The number of carbonyl (C=O) groups excluding carboxylic acids is 1. The van der Waals surface area contributed by atoms with Crippen LogP contribution in [0.1, 0.15) is 27.4 Å². The summed E-state index contributed by atoms with van der Waals surface area (Å²) in [6.07, 6.45) is 0. The quantitative estimate of drug-likeness (QED) is 0.883. The van der Waals surface area contributed by atoms with Crippen LogP contribution in [0.5, 0.6) is 5.75 Å². The summed E-state index contributed by atoms with van der Waals surface area (Å²) in [6.45, 7) is 6.14. The van der Waals surface area contributed by atoms with E-state index in [4.69, 9.17) is 9.15 Å². The van der Waals surface area contributed by atoms with Gasteiger partial charge >= 0.3 is 0 Å². The summed E-state index contributed by atoms with van der Waals surface area (Å²) in [5.41, 5.74) is 1.62. The second-order valence-corrected chi connectivity index (χ2v) is 4.92. The Balaban J connectivity index is 1.77. The van der Waals surface area contributed by atoms with Gasteiger partial charge in [0, 0.05) is 0 Å². The second-order valence-electron chi connectivity index (χ2n) is 4.92. The number of nitrogens with one attached hydrogen (secondary N) is 1. The van der Waals surface area contributed by atoms with E-state index in [1.807, 2.05) is 38.1 Å². The molecule has 2 rings (SSSR count). The molecule has 114 valence electrons. The molecule has 0 atom stereocenters. The molecule has 0 aliphatic carbocycles. The fourth-order valence-electron chi connectivity index (χ4n) is 2.02. The number of hydrogen-bond acceptors (Lipinski definition) is 3. The molecule has 0 saturated heterocycles. The molecule has 1 heterocycles. The van der Waals surface area contributed by atoms with E-state index in [2.05, 4.69) is 17.2 Å². The number of hydrogen-bond donors (Lipinski definition) is 1. The first-order valence-electron chi connectivity index (χ1n) is 7.07. The molecule has 0 unspecified atom stereocenters. The molecular weight excluding hydrogens is 278 g/mol. The minimum absolute atomic E-state index is 0.177. The van der Waals surface area contributed by atoms with Crippen LogP contribution in [0, 0.1) is 32.6 Å². The van der Waals surface area contributed by atoms with Gasteiger partial charge in [-0.05, 0) is 38.5 Å². The zero-order valence-electron chi connectivity index (χ0n) is 13.0. The molecule has 1 amide bonds. The second kappa shape index (κ2) is 7.37. The largest absolute Gasteiger partial charge is 0.481 e. The molecule has 0 radical (unpaired) electrons. The first-order chi connectivity index (χ1) is 10.6. The predicted octanol–water partition coefficient (Wildman–Crippen LogP) is 3.02. The van der Waals surface area contributed by atoms with Crippen LogP contribution in [0.3, 0.4) is 0 Å². The maximum atomic E-state index is 11.9. The van der Waals surface area contributed by atoms with Gasteiger partial charge in [-0.15, -0.1) is 0 Å². The van der Waals surface area contributed by atoms with Crippen LogP contribution in [0.2, 0.25) is 0 Å². The summed E-state index contributed by atoms with van der Waals surface area (Å²) in [5, 5.41) is 2.74. The van der Waals surface area contributed by atoms with Crippen molar-refractivity contribution in [2.24, 2.45) is 0 Å². The highest BCUT2D eigenvalue weighted by Crippen LogP contribution is 2.15. The third-order valence-electron chi connectivity index (χ3n) is 3.14. The van der Waals surface area contributed by atoms with Gasteiger partial charge < -0.3 is 14.5 Å². The molecule has 4 heteroatoms. The zero-order chi connectivity index (χ0) is 15.9. The Morgan fingerprint density at radius 3 is 2.68 bits per heavy atom. The normalized spacial score (nSPS) is 9.77. The molecule has 0 aliphatic rings. The van der Waals surface area contributed by atoms with Crippen molar-refractivity contribution in [3.05, 3.63) is 53.0 Å². The minimum Gasteiger partial charge on any atom is -0.481 e. The molecule has 22 heavy (non-hydrogen) atoms. The Labute approximate surface area is 130 Å². The smallest absolute Gasteiger partial charge is 0.255 e. The molecule has 0 spiro atoms. The van der Waals surface area contributed by atoms with Crippen LogP contribution in [-0.4, -0.2) is 19.1 Å². The molecular formula is C18H19NO3. The van der Waals surface area contributed by atoms with Gasteiger partial charge in [0.15, 0.2) is 0 Å². The lowest BCUT2D eigenvalue weighted by molar-refractivity contribution is 0.0957. The Morgan fingerprint density at radius 2 is 2.00 bits per heavy atom. The summed E-state index contributed by atoms with van der Waals surface area (Å²) in [7, 11) is 0. The molecule has 4 nitrogen and oxygen atoms in total. The van der Waals surface area contributed by atoms with Crippen LogP contribution in [0.4, 0.5) is 0 Å². The Hall–Kier alpha value is -2.67. The number of carbonyl (C=O) groups is 1. The lowest BCUT2D eigenvalue weighted by atomic mass is 10.2. The van der Waals surface area contributed by atoms with Crippen LogP contribution in [0.25, 0.3) is 0 Å². The number of rotatable bonds is 4. The van der Waals surface area contributed by atoms with Crippen molar-refractivity contribution in [3.63, 3.8) is 0 Å². The lowest BCUT2D eigenvalue weighted by Gasteiger charge is -2.04. The molecule has 1 aromatic heterocycles.